The standard InChI is InChI=1S/C9H9N3O2/c1-3-4-10-8-5-7(9(13)14-2)11-6-12-8/h1,5-6H,4H2,2H3,(H,10,11,12). The molecule has 0 atom stereocenters. The van der Waals surface area contributed by atoms with Gasteiger partial charge in [0.15, 0.2) is 5.69 Å². The molecule has 1 rings (SSSR count). The van der Waals surface area contributed by atoms with Gasteiger partial charge < -0.3 is 10.1 Å². The van der Waals surface area contributed by atoms with Gasteiger partial charge in [0.05, 0.1) is 13.7 Å². The maximum Gasteiger partial charge on any atom is 0.356 e. The van der Waals surface area contributed by atoms with E-state index in [1.807, 2.05) is 0 Å². The number of nitrogens with zero attached hydrogens (tertiary/aromatic N) is 2. The molecule has 0 saturated heterocycles. The van der Waals surface area contributed by atoms with Gasteiger partial charge in [-0.1, -0.05) is 5.92 Å². The normalized spacial score (nSPS) is 8.86. The minimum atomic E-state index is -0.504. The fourth-order valence-corrected chi connectivity index (χ4v) is 0.812. The van der Waals surface area contributed by atoms with Crippen LogP contribution in [-0.4, -0.2) is 29.6 Å². The highest BCUT2D eigenvalue weighted by molar-refractivity contribution is 5.87. The first-order valence-corrected chi connectivity index (χ1v) is 3.85. The van der Waals surface area contributed by atoms with Gasteiger partial charge in [0.2, 0.25) is 0 Å². The Morgan fingerprint density at radius 1 is 1.71 bits per heavy atom. The van der Waals surface area contributed by atoms with Gasteiger partial charge >= 0.3 is 5.97 Å². The second kappa shape index (κ2) is 4.82. The number of ether oxygens (including phenoxy) is 1. The van der Waals surface area contributed by atoms with Crippen LogP contribution in [0.4, 0.5) is 5.82 Å². The number of aromatic nitrogens is 2. The number of rotatable bonds is 3. The lowest BCUT2D eigenvalue weighted by molar-refractivity contribution is 0.0594. The van der Waals surface area contributed by atoms with E-state index in [0.717, 1.165) is 0 Å². The van der Waals surface area contributed by atoms with Gasteiger partial charge in [-0.25, -0.2) is 14.8 Å². The molecule has 0 aliphatic heterocycles. The summed E-state index contributed by atoms with van der Waals surface area (Å²) in [6.07, 6.45) is 6.32. The molecule has 0 radical (unpaired) electrons. The molecule has 5 heteroatoms. The van der Waals surface area contributed by atoms with E-state index in [-0.39, 0.29) is 5.69 Å². The van der Waals surface area contributed by atoms with Crippen molar-refractivity contribution in [2.75, 3.05) is 19.0 Å². The molecule has 5 nitrogen and oxygen atoms in total. The first kappa shape index (κ1) is 9.99. The van der Waals surface area contributed by atoms with Gasteiger partial charge in [-0.15, -0.1) is 6.42 Å². The van der Waals surface area contributed by atoms with E-state index in [9.17, 15) is 4.79 Å². The van der Waals surface area contributed by atoms with E-state index < -0.39 is 5.97 Å². The first-order valence-electron chi connectivity index (χ1n) is 3.85. The van der Waals surface area contributed by atoms with Crippen LogP contribution in [0.2, 0.25) is 0 Å². The summed E-state index contributed by atoms with van der Waals surface area (Å²) in [5.41, 5.74) is 0.196. The Balaban J connectivity index is 2.79. The summed E-state index contributed by atoms with van der Waals surface area (Å²) < 4.78 is 4.50. The summed E-state index contributed by atoms with van der Waals surface area (Å²) in [4.78, 5) is 18.7. The third-order valence-electron chi connectivity index (χ3n) is 1.43. The lowest BCUT2D eigenvalue weighted by Crippen LogP contribution is -2.07. The molecule has 0 spiro atoms. The van der Waals surface area contributed by atoms with Crippen LogP contribution in [0.3, 0.4) is 0 Å². The second-order valence-electron chi connectivity index (χ2n) is 2.34. The van der Waals surface area contributed by atoms with E-state index in [1.165, 1.54) is 19.5 Å². The van der Waals surface area contributed by atoms with E-state index in [1.54, 1.807) is 0 Å². The van der Waals surface area contributed by atoms with Crippen LogP contribution in [0.25, 0.3) is 0 Å². The van der Waals surface area contributed by atoms with Crippen molar-refractivity contribution in [1.29, 1.82) is 0 Å². The Morgan fingerprint density at radius 3 is 3.14 bits per heavy atom. The molecule has 0 aliphatic rings. The second-order valence-corrected chi connectivity index (χ2v) is 2.34. The molecule has 0 saturated carbocycles. The molecular formula is C9H9N3O2. The van der Waals surface area contributed by atoms with Crippen LogP contribution in [0, 0.1) is 12.3 Å². The molecule has 0 amide bonds. The van der Waals surface area contributed by atoms with Gasteiger partial charge in [-0.3, -0.25) is 0 Å². The Hall–Kier alpha value is -2.09. The zero-order valence-corrected chi connectivity index (χ0v) is 7.65. The summed E-state index contributed by atoms with van der Waals surface area (Å²) in [7, 11) is 1.29. The molecule has 0 aliphatic carbocycles. The number of anilines is 1. The van der Waals surface area contributed by atoms with Crippen LogP contribution in [0.15, 0.2) is 12.4 Å². The minimum absolute atomic E-state index is 0.196. The van der Waals surface area contributed by atoms with Gasteiger partial charge in [0, 0.05) is 6.07 Å². The van der Waals surface area contributed by atoms with Gasteiger partial charge in [-0.2, -0.15) is 0 Å². The van der Waals surface area contributed by atoms with E-state index >= 15 is 0 Å². The van der Waals surface area contributed by atoms with Crippen molar-refractivity contribution in [3.8, 4) is 12.3 Å². The monoisotopic (exact) mass is 191 g/mol. The highest BCUT2D eigenvalue weighted by atomic mass is 16.5. The number of carbonyl (C=O) groups is 1. The quantitative estimate of drug-likeness (QED) is 0.550. The fraction of sp³-hybridized carbons (Fsp3) is 0.222. The molecule has 1 N–H and O–H groups in total. The smallest absolute Gasteiger partial charge is 0.356 e. The van der Waals surface area contributed by atoms with Crippen LogP contribution in [-0.2, 0) is 4.74 Å². The molecule has 0 bridgehead atoms. The number of carbonyl (C=O) groups excluding carboxylic acids is 1. The van der Waals surface area contributed by atoms with E-state index in [0.29, 0.717) is 12.4 Å². The van der Waals surface area contributed by atoms with Crippen molar-refractivity contribution in [2.24, 2.45) is 0 Å². The van der Waals surface area contributed by atoms with Crippen molar-refractivity contribution in [1.82, 2.24) is 9.97 Å². The third kappa shape index (κ3) is 2.45. The van der Waals surface area contributed by atoms with Crippen molar-refractivity contribution in [3.05, 3.63) is 18.1 Å². The van der Waals surface area contributed by atoms with Crippen LogP contribution in [0.5, 0.6) is 0 Å². The number of esters is 1. The first-order chi connectivity index (χ1) is 6.77. The maximum atomic E-state index is 11.1. The predicted octanol–water partition coefficient (Wildman–Crippen LogP) is 0.308. The number of nitrogens with one attached hydrogen (secondary N) is 1. The highest BCUT2D eigenvalue weighted by Crippen LogP contribution is 2.04. The van der Waals surface area contributed by atoms with Crippen LogP contribution < -0.4 is 5.32 Å². The largest absolute Gasteiger partial charge is 0.464 e. The molecular weight excluding hydrogens is 182 g/mol. The highest BCUT2D eigenvalue weighted by Gasteiger charge is 2.07. The van der Waals surface area contributed by atoms with Crippen molar-refractivity contribution >= 4 is 11.8 Å². The average Bonchev–Trinajstić information content (AvgIpc) is 2.25. The Labute approximate surface area is 81.5 Å². The number of methoxy groups -OCH3 is 1. The fourth-order valence-electron chi connectivity index (χ4n) is 0.812. The van der Waals surface area contributed by atoms with E-state index in [4.69, 9.17) is 6.42 Å². The van der Waals surface area contributed by atoms with Crippen molar-refractivity contribution < 1.29 is 9.53 Å². The summed E-state index contributed by atoms with van der Waals surface area (Å²) >= 11 is 0. The zero-order valence-electron chi connectivity index (χ0n) is 7.65. The molecule has 1 aromatic rings. The Morgan fingerprint density at radius 2 is 2.50 bits per heavy atom. The molecule has 1 aromatic heterocycles. The third-order valence-corrected chi connectivity index (χ3v) is 1.43. The zero-order chi connectivity index (χ0) is 10.4. The van der Waals surface area contributed by atoms with Crippen LogP contribution >= 0.6 is 0 Å². The van der Waals surface area contributed by atoms with E-state index in [2.05, 4.69) is 25.9 Å². The summed E-state index contributed by atoms with van der Waals surface area (Å²) in [6, 6.07) is 1.48. The molecule has 0 aromatic carbocycles. The Bertz CT molecular complexity index is 371. The lowest BCUT2D eigenvalue weighted by atomic mass is 10.4. The molecule has 0 fully saturated rings. The van der Waals surface area contributed by atoms with Gasteiger partial charge in [0.1, 0.15) is 12.1 Å². The molecule has 1 heterocycles. The average molecular weight is 191 g/mol. The molecule has 0 unspecified atom stereocenters. The molecule has 14 heavy (non-hydrogen) atoms. The van der Waals surface area contributed by atoms with Crippen molar-refractivity contribution in [2.45, 2.75) is 0 Å². The number of hydrogen-bond acceptors (Lipinski definition) is 5. The lowest BCUT2D eigenvalue weighted by Gasteiger charge is -2.02. The Kier molecular flexibility index (Phi) is 3.44. The minimum Gasteiger partial charge on any atom is -0.464 e. The topological polar surface area (TPSA) is 64.1 Å². The predicted molar refractivity (Wildman–Crippen MR) is 50.7 cm³/mol. The van der Waals surface area contributed by atoms with Crippen molar-refractivity contribution in [3.63, 3.8) is 0 Å². The number of hydrogen-bond donors (Lipinski definition) is 1. The maximum absolute atomic E-state index is 11.1. The summed E-state index contributed by atoms with van der Waals surface area (Å²) in [5.74, 6) is 2.39. The van der Waals surface area contributed by atoms with Gasteiger partial charge in [0.25, 0.3) is 0 Å². The molecule has 72 valence electrons. The van der Waals surface area contributed by atoms with Crippen LogP contribution in [0.1, 0.15) is 10.5 Å². The summed E-state index contributed by atoms with van der Waals surface area (Å²) in [6.45, 7) is 0.345. The summed E-state index contributed by atoms with van der Waals surface area (Å²) in [5, 5.41) is 2.82. The van der Waals surface area contributed by atoms with Gasteiger partial charge in [-0.05, 0) is 0 Å². The number of terminal acetylenes is 1. The SMILES string of the molecule is C#CCNc1cc(C(=O)OC)ncn1.